The van der Waals surface area contributed by atoms with Crippen LogP contribution in [-0.4, -0.2) is 15.7 Å². The second-order valence-electron chi connectivity index (χ2n) is 3.66. The number of anilines is 1. The number of aromatic nitrogens is 2. The number of rotatable bonds is 2. The first-order chi connectivity index (χ1) is 8.60. The average Bonchev–Trinajstić information content (AvgIpc) is 2.78. The van der Waals surface area contributed by atoms with Crippen molar-refractivity contribution in [3.05, 3.63) is 47.5 Å². The van der Waals surface area contributed by atoms with E-state index in [2.05, 4.69) is 10.4 Å². The van der Waals surface area contributed by atoms with Crippen molar-refractivity contribution < 1.29 is 9.18 Å². The summed E-state index contributed by atoms with van der Waals surface area (Å²) in [4.78, 5) is 11.7. The third-order valence-corrected chi connectivity index (χ3v) is 2.31. The van der Waals surface area contributed by atoms with Gasteiger partial charge in [0.1, 0.15) is 5.82 Å². The number of aryl methyl sites for hydroxylation is 1. The molecule has 0 spiro atoms. The largest absolute Gasteiger partial charge is 0.319 e. The lowest BCUT2D eigenvalue weighted by atomic mass is 10.2. The molecule has 0 saturated carbocycles. The van der Waals surface area contributed by atoms with Crippen LogP contribution >= 0.6 is 0 Å². The summed E-state index contributed by atoms with van der Waals surface area (Å²) in [6.45, 7) is 0. The van der Waals surface area contributed by atoms with Crippen molar-refractivity contribution in [2.45, 2.75) is 0 Å². The van der Waals surface area contributed by atoms with Crippen LogP contribution in [0.25, 0.3) is 0 Å². The lowest BCUT2D eigenvalue weighted by molar-refractivity contribution is 0.102. The van der Waals surface area contributed by atoms with Crippen molar-refractivity contribution >= 4 is 11.6 Å². The molecule has 5 nitrogen and oxygen atoms in total. The fraction of sp³-hybridized carbons (Fsp3) is 0.0833. The maximum Gasteiger partial charge on any atom is 0.258 e. The summed E-state index contributed by atoms with van der Waals surface area (Å²) < 4.78 is 15.0. The number of carbonyl (C=O) groups is 1. The van der Waals surface area contributed by atoms with E-state index in [9.17, 15) is 9.18 Å². The van der Waals surface area contributed by atoms with Crippen LogP contribution < -0.4 is 5.32 Å². The van der Waals surface area contributed by atoms with Crippen LogP contribution in [0, 0.1) is 17.1 Å². The molecular formula is C12H9FN4O. The first kappa shape index (κ1) is 11.8. The van der Waals surface area contributed by atoms with Crippen LogP contribution in [0.2, 0.25) is 0 Å². The molecule has 0 saturated heterocycles. The van der Waals surface area contributed by atoms with Crippen molar-refractivity contribution in [3.63, 3.8) is 0 Å². The lowest BCUT2D eigenvalue weighted by Gasteiger charge is -2.04. The molecule has 0 bridgehead atoms. The van der Waals surface area contributed by atoms with Gasteiger partial charge in [0.2, 0.25) is 0 Å². The fourth-order valence-electron chi connectivity index (χ4n) is 1.42. The number of hydrogen-bond donors (Lipinski definition) is 1. The molecule has 0 unspecified atom stereocenters. The summed E-state index contributed by atoms with van der Waals surface area (Å²) in [5.41, 5.74) is 0.566. The topological polar surface area (TPSA) is 70.7 Å². The van der Waals surface area contributed by atoms with Crippen LogP contribution in [0.3, 0.4) is 0 Å². The molecule has 0 fully saturated rings. The maximum atomic E-state index is 13.5. The van der Waals surface area contributed by atoms with E-state index in [0.717, 1.165) is 6.07 Å². The minimum atomic E-state index is -0.647. The maximum absolute atomic E-state index is 13.5. The zero-order valence-electron chi connectivity index (χ0n) is 9.51. The number of carbonyl (C=O) groups excluding carboxylic acids is 1. The quantitative estimate of drug-likeness (QED) is 0.873. The van der Waals surface area contributed by atoms with E-state index in [-0.39, 0.29) is 11.3 Å². The summed E-state index contributed by atoms with van der Waals surface area (Å²) in [5.74, 6) is -1.10. The molecule has 1 aromatic heterocycles. The molecule has 1 aromatic carbocycles. The van der Waals surface area contributed by atoms with Crippen LogP contribution in [0.15, 0.2) is 30.6 Å². The number of hydrogen-bond acceptors (Lipinski definition) is 3. The molecule has 1 heterocycles. The van der Waals surface area contributed by atoms with E-state index >= 15 is 0 Å². The second-order valence-corrected chi connectivity index (χ2v) is 3.66. The van der Waals surface area contributed by atoms with Gasteiger partial charge in [-0.2, -0.15) is 10.4 Å². The van der Waals surface area contributed by atoms with Gasteiger partial charge < -0.3 is 5.32 Å². The molecule has 1 amide bonds. The standard InChI is InChI=1S/C12H9FN4O/c1-17-7-9(6-15-17)12(18)16-11-3-2-8(5-14)4-10(11)13/h2-4,6-7H,1H3,(H,16,18). The molecular weight excluding hydrogens is 235 g/mol. The van der Waals surface area contributed by atoms with Gasteiger partial charge >= 0.3 is 0 Å². The van der Waals surface area contributed by atoms with Gasteiger partial charge in [-0.25, -0.2) is 4.39 Å². The van der Waals surface area contributed by atoms with Crippen molar-refractivity contribution in [2.75, 3.05) is 5.32 Å². The normalized spacial score (nSPS) is 9.83. The van der Waals surface area contributed by atoms with E-state index in [1.54, 1.807) is 7.05 Å². The van der Waals surface area contributed by atoms with Gasteiger partial charge in [0.15, 0.2) is 0 Å². The summed E-state index contributed by atoms with van der Waals surface area (Å²) >= 11 is 0. The Bertz CT molecular complexity index is 642. The summed E-state index contributed by atoms with van der Waals surface area (Å²) in [5, 5.41) is 14.9. The minimum absolute atomic E-state index is 0.0304. The summed E-state index contributed by atoms with van der Waals surface area (Å²) in [6.07, 6.45) is 2.91. The highest BCUT2D eigenvalue weighted by Crippen LogP contribution is 2.16. The average molecular weight is 244 g/mol. The van der Waals surface area contributed by atoms with Gasteiger partial charge in [-0.05, 0) is 18.2 Å². The van der Waals surface area contributed by atoms with Gasteiger partial charge in [-0.3, -0.25) is 9.48 Å². The number of nitrogens with zero attached hydrogens (tertiary/aromatic N) is 3. The van der Waals surface area contributed by atoms with Crippen LogP contribution in [0.1, 0.15) is 15.9 Å². The number of nitrogens with one attached hydrogen (secondary N) is 1. The molecule has 0 atom stereocenters. The predicted octanol–water partition coefficient (Wildman–Crippen LogP) is 1.68. The third-order valence-electron chi connectivity index (χ3n) is 2.31. The van der Waals surface area contributed by atoms with Gasteiger partial charge in [0, 0.05) is 13.2 Å². The highest BCUT2D eigenvalue weighted by atomic mass is 19.1. The van der Waals surface area contributed by atoms with Crippen LogP contribution in [-0.2, 0) is 7.05 Å². The summed E-state index contributed by atoms with van der Waals surface area (Å²) in [7, 11) is 1.68. The molecule has 2 rings (SSSR count). The SMILES string of the molecule is Cn1cc(C(=O)Nc2ccc(C#N)cc2F)cn1. The van der Waals surface area contributed by atoms with Gasteiger partial charge in [0.05, 0.1) is 29.1 Å². The van der Waals surface area contributed by atoms with Gasteiger partial charge in [-0.15, -0.1) is 0 Å². The lowest BCUT2D eigenvalue weighted by Crippen LogP contribution is -2.12. The first-order valence-corrected chi connectivity index (χ1v) is 5.10. The Labute approximate surface area is 102 Å². The predicted molar refractivity (Wildman–Crippen MR) is 62.3 cm³/mol. The molecule has 90 valence electrons. The van der Waals surface area contributed by atoms with E-state index in [0.29, 0.717) is 5.56 Å². The minimum Gasteiger partial charge on any atom is -0.319 e. The van der Waals surface area contributed by atoms with Gasteiger partial charge in [-0.1, -0.05) is 0 Å². The highest BCUT2D eigenvalue weighted by molar-refractivity contribution is 6.04. The molecule has 2 aromatic rings. The molecule has 18 heavy (non-hydrogen) atoms. The number of amides is 1. The van der Waals surface area contributed by atoms with Crippen molar-refractivity contribution in [2.24, 2.45) is 7.05 Å². The number of benzene rings is 1. The molecule has 0 aliphatic rings. The Morgan fingerprint density at radius 2 is 2.33 bits per heavy atom. The Hall–Kier alpha value is -2.68. The second kappa shape index (κ2) is 4.67. The number of nitriles is 1. The third kappa shape index (κ3) is 2.35. The van der Waals surface area contributed by atoms with Crippen molar-refractivity contribution in [3.8, 4) is 6.07 Å². The van der Waals surface area contributed by atoms with Crippen LogP contribution in [0.5, 0.6) is 0 Å². The van der Waals surface area contributed by atoms with Crippen molar-refractivity contribution in [1.82, 2.24) is 9.78 Å². The van der Waals surface area contributed by atoms with Crippen LogP contribution in [0.4, 0.5) is 10.1 Å². The summed E-state index contributed by atoms with van der Waals surface area (Å²) in [6, 6.07) is 5.67. The fourth-order valence-corrected chi connectivity index (χ4v) is 1.42. The monoisotopic (exact) mass is 244 g/mol. The Morgan fingerprint density at radius 3 is 2.89 bits per heavy atom. The van der Waals surface area contributed by atoms with Crippen molar-refractivity contribution in [1.29, 1.82) is 5.26 Å². The molecule has 0 aliphatic carbocycles. The Balaban J connectivity index is 2.20. The van der Waals surface area contributed by atoms with E-state index < -0.39 is 11.7 Å². The van der Waals surface area contributed by atoms with E-state index in [1.807, 2.05) is 6.07 Å². The Morgan fingerprint density at radius 1 is 1.56 bits per heavy atom. The number of halogens is 1. The highest BCUT2D eigenvalue weighted by Gasteiger charge is 2.11. The van der Waals surface area contributed by atoms with Gasteiger partial charge in [0.25, 0.3) is 5.91 Å². The molecule has 1 N–H and O–H groups in total. The Kier molecular flexibility index (Phi) is 3.06. The van der Waals surface area contributed by atoms with E-state index in [1.165, 1.54) is 29.2 Å². The zero-order valence-corrected chi connectivity index (χ0v) is 9.51. The molecule has 0 aliphatic heterocycles. The molecule has 6 heteroatoms. The smallest absolute Gasteiger partial charge is 0.258 e. The zero-order chi connectivity index (χ0) is 13.1. The van der Waals surface area contributed by atoms with E-state index in [4.69, 9.17) is 5.26 Å². The molecule has 0 radical (unpaired) electrons. The first-order valence-electron chi connectivity index (χ1n) is 5.10.